The predicted molar refractivity (Wildman–Crippen MR) is 113 cm³/mol. The first-order valence-electron chi connectivity index (χ1n) is 8.54. The van der Waals surface area contributed by atoms with Crippen molar-refractivity contribution in [3.8, 4) is 0 Å². The SMILES string of the molecule is Cc1cc2nc(C=Cc3cccs3)n(Cc3ccc(Cl)cc3)c2cc1C. The maximum atomic E-state index is 6.04. The van der Waals surface area contributed by atoms with E-state index in [-0.39, 0.29) is 0 Å². The number of aryl methyl sites for hydroxylation is 2. The average Bonchev–Trinajstić information content (AvgIpc) is 3.25. The highest BCUT2D eigenvalue weighted by Crippen LogP contribution is 2.24. The lowest BCUT2D eigenvalue weighted by Gasteiger charge is -2.09. The molecule has 0 aliphatic rings. The quantitative estimate of drug-likeness (QED) is 0.391. The van der Waals surface area contributed by atoms with Gasteiger partial charge in [-0.15, -0.1) is 11.3 Å². The van der Waals surface area contributed by atoms with E-state index in [0.717, 1.165) is 28.4 Å². The van der Waals surface area contributed by atoms with E-state index >= 15 is 0 Å². The highest BCUT2D eigenvalue weighted by molar-refractivity contribution is 7.10. The number of halogens is 1. The smallest absolute Gasteiger partial charge is 0.134 e. The van der Waals surface area contributed by atoms with Gasteiger partial charge >= 0.3 is 0 Å². The van der Waals surface area contributed by atoms with Crippen molar-refractivity contribution in [1.29, 1.82) is 0 Å². The van der Waals surface area contributed by atoms with E-state index in [4.69, 9.17) is 16.6 Å². The fraction of sp³-hybridized carbons (Fsp3) is 0.136. The molecule has 4 heteroatoms. The lowest BCUT2D eigenvalue weighted by atomic mass is 10.1. The molecule has 0 N–H and O–H groups in total. The van der Waals surface area contributed by atoms with Gasteiger partial charge < -0.3 is 4.57 Å². The standard InChI is InChI=1S/C22H19ClN2S/c1-15-12-20-21(13-16(15)2)25(14-17-5-7-18(23)8-6-17)22(24-20)10-9-19-4-3-11-26-19/h3-13H,14H2,1-2H3. The number of rotatable bonds is 4. The van der Waals surface area contributed by atoms with Crippen LogP contribution in [0.15, 0.2) is 53.9 Å². The van der Waals surface area contributed by atoms with Crippen LogP contribution in [0.25, 0.3) is 23.2 Å². The molecule has 4 rings (SSSR count). The minimum Gasteiger partial charge on any atom is -0.320 e. The number of nitrogens with zero attached hydrogens (tertiary/aromatic N) is 2. The molecule has 0 saturated carbocycles. The van der Waals surface area contributed by atoms with Gasteiger partial charge in [0.25, 0.3) is 0 Å². The van der Waals surface area contributed by atoms with Crippen LogP contribution >= 0.6 is 22.9 Å². The van der Waals surface area contributed by atoms with Crippen molar-refractivity contribution in [2.45, 2.75) is 20.4 Å². The second kappa shape index (κ2) is 7.10. The Bertz CT molecular complexity index is 1070. The van der Waals surface area contributed by atoms with Crippen LogP contribution < -0.4 is 0 Å². The molecule has 26 heavy (non-hydrogen) atoms. The Labute approximate surface area is 162 Å². The fourth-order valence-corrected chi connectivity index (χ4v) is 3.75. The van der Waals surface area contributed by atoms with E-state index in [9.17, 15) is 0 Å². The average molecular weight is 379 g/mol. The molecule has 2 heterocycles. The van der Waals surface area contributed by atoms with Crippen molar-refractivity contribution < 1.29 is 0 Å². The largest absolute Gasteiger partial charge is 0.320 e. The molecule has 0 unspecified atom stereocenters. The summed E-state index contributed by atoms with van der Waals surface area (Å²) in [5.41, 5.74) is 5.95. The van der Waals surface area contributed by atoms with Gasteiger partial charge in [0.15, 0.2) is 0 Å². The number of hydrogen-bond acceptors (Lipinski definition) is 2. The molecule has 0 amide bonds. The first-order valence-corrected chi connectivity index (χ1v) is 9.79. The van der Waals surface area contributed by atoms with Crippen molar-refractivity contribution in [3.05, 3.63) is 86.3 Å². The first-order chi connectivity index (χ1) is 12.6. The molecule has 0 radical (unpaired) electrons. The van der Waals surface area contributed by atoms with Gasteiger partial charge in [0.1, 0.15) is 5.82 Å². The molecule has 0 aliphatic carbocycles. The molecular weight excluding hydrogens is 360 g/mol. The molecule has 0 spiro atoms. The second-order valence-corrected chi connectivity index (χ2v) is 7.87. The number of benzene rings is 2. The monoisotopic (exact) mass is 378 g/mol. The number of aromatic nitrogens is 2. The van der Waals surface area contributed by atoms with Gasteiger partial charge in [0.05, 0.1) is 11.0 Å². The summed E-state index contributed by atoms with van der Waals surface area (Å²) in [6.07, 6.45) is 4.23. The van der Waals surface area contributed by atoms with Crippen LogP contribution in [0.3, 0.4) is 0 Å². The zero-order chi connectivity index (χ0) is 18.1. The number of thiophene rings is 1. The molecule has 0 saturated heterocycles. The minimum atomic E-state index is 0.758. The lowest BCUT2D eigenvalue weighted by Crippen LogP contribution is -2.02. The third-order valence-corrected chi connectivity index (χ3v) is 5.68. The molecule has 130 valence electrons. The molecule has 2 aromatic carbocycles. The normalized spacial score (nSPS) is 11.7. The van der Waals surface area contributed by atoms with Gasteiger partial charge in [0, 0.05) is 16.4 Å². The summed E-state index contributed by atoms with van der Waals surface area (Å²) in [4.78, 5) is 6.11. The predicted octanol–water partition coefficient (Wildman–Crippen LogP) is 6.59. The van der Waals surface area contributed by atoms with Crippen LogP contribution in [-0.2, 0) is 6.54 Å². The number of fused-ring (bicyclic) bond motifs is 1. The zero-order valence-electron chi connectivity index (χ0n) is 14.7. The van der Waals surface area contributed by atoms with E-state index in [1.807, 2.05) is 12.1 Å². The fourth-order valence-electron chi connectivity index (χ4n) is 3.01. The molecule has 2 aromatic heterocycles. The molecule has 0 fully saturated rings. The molecule has 2 nitrogen and oxygen atoms in total. The van der Waals surface area contributed by atoms with Gasteiger partial charge in [-0.1, -0.05) is 29.8 Å². The van der Waals surface area contributed by atoms with Crippen LogP contribution in [0.1, 0.15) is 27.4 Å². The summed E-state index contributed by atoms with van der Waals surface area (Å²) < 4.78 is 2.27. The van der Waals surface area contributed by atoms with Gasteiger partial charge in [-0.2, -0.15) is 0 Å². The summed E-state index contributed by atoms with van der Waals surface area (Å²) in [6.45, 7) is 5.05. The Morgan fingerprint density at radius 2 is 1.81 bits per heavy atom. The highest BCUT2D eigenvalue weighted by atomic mass is 35.5. The Kier molecular flexibility index (Phi) is 4.66. The van der Waals surface area contributed by atoms with Crippen LogP contribution in [0, 0.1) is 13.8 Å². The maximum absolute atomic E-state index is 6.04. The zero-order valence-corrected chi connectivity index (χ0v) is 16.3. The van der Waals surface area contributed by atoms with Gasteiger partial charge in [-0.3, -0.25) is 0 Å². The third-order valence-electron chi connectivity index (χ3n) is 4.59. The van der Waals surface area contributed by atoms with Gasteiger partial charge in [-0.05, 0) is 78.4 Å². The van der Waals surface area contributed by atoms with Crippen molar-refractivity contribution >= 4 is 46.1 Å². The van der Waals surface area contributed by atoms with E-state index in [0.29, 0.717) is 0 Å². The maximum Gasteiger partial charge on any atom is 0.134 e. The van der Waals surface area contributed by atoms with Gasteiger partial charge in [-0.25, -0.2) is 4.98 Å². The Morgan fingerprint density at radius 3 is 2.54 bits per heavy atom. The summed E-state index contributed by atoms with van der Waals surface area (Å²) in [5.74, 6) is 0.966. The van der Waals surface area contributed by atoms with E-state index in [2.05, 4.69) is 72.3 Å². The molecule has 4 aromatic rings. The summed E-state index contributed by atoms with van der Waals surface area (Å²) >= 11 is 7.76. The van der Waals surface area contributed by atoms with Crippen molar-refractivity contribution in [1.82, 2.24) is 9.55 Å². The molecular formula is C22H19ClN2S. The van der Waals surface area contributed by atoms with E-state index in [1.54, 1.807) is 11.3 Å². The highest BCUT2D eigenvalue weighted by Gasteiger charge is 2.11. The van der Waals surface area contributed by atoms with E-state index < -0.39 is 0 Å². The number of imidazole rings is 1. The molecule has 0 aliphatic heterocycles. The van der Waals surface area contributed by atoms with Crippen molar-refractivity contribution in [2.24, 2.45) is 0 Å². The van der Waals surface area contributed by atoms with Crippen molar-refractivity contribution in [2.75, 3.05) is 0 Å². The minimum absolute atomic E-state index is 0.758. The topological polar surface area (TPSA) is 17.8 Å². The Balaban J connectivity index is 1.82. The van der Waals surface area contributed by atoms with Crippen LogP contribution in [0.2, 0.25) is 5.02 Å². The van der Waals surface area contributed by atoms with Crippen molar-refractivity contribution in [3.63, 3.8) is 0 Å². The molecule has 0 atom stereocenters. The second-order valence-electron chi connectivity index (χ2n) is 6.46. The Morgan fingerprint density at radius 1 is 1.04 bits per heavy atom. The Hall–Kier alpha value is -2.36. The van der Waals surface area contributed by atoms with Gasteiger partial charge in [0.2, 0.25) is 0 Å². The lowest BCUT2D eigenvalue weighted by molar-refractivity contribution is 0.813. The van der Waals surface area contributed by atoms with Crippen LogP contribution in [-0.4, -0.2) is 9.55 Å². The van der Waals surface area contributed by atoms with Crippen LogP contribution in [0.4, 0.5) is 0 Å². The van der Waals surface area contributed by atoms with E-state index in [1.165, 1.54) is 21.6 Å². The summed E-state index contributed by atoms with van der Waals surface area (Å²) in [6, 6.07) is 16.6. The summed E-state index contributed by atoms with van der Waals surface area (Å²) in [7, 11) is 0. The first kappa shape index (κ1) is 17.1. The molecule has 0 bridgehead atoms. The third kappa shape index (κ3) is 3.46. The summed E-state index contributed by atoms with van der Waals surface area (Å²) in [5, 5.41) is 2.84. The number of hydrogen-bond donors (Lipinski definition) is 0. The van der Waals surface area contributed by atoms with Crippen LogP contribution in [0.5, 0.6) is 0 Å².